The van der Waals surface area contributed by atoms with E-state index in [-0.39, 0.29) is 17.5 Å². The summed E-state index contributed by atoms with van der Waals surface area (Å²) in [6.07, 6.45) is 5.59. The van der Waals surface area contributed by atoms with Crippen molar-refractivity contribution in [3.63, 3.8) is 0 Å². The first-order valence-corrected chi connectivity index (χ1v) is 7.94. The van der Waals surface area contributed by atoms with Gasteiger partial charge in [-0.05, 0) is 31.4 Å². The van der Waals surface area contributed by atoms with Crippen molar-refractivity contribution >= 4 is 23.2 Å². The summed E-state index contributed by atoms with van der Waals surface area (Å²) >= 11 is 6.06. The molecule has 5 nitrogen and oxygen atoms in total. The minimum Gasteiger partial charge on any atom is -0.495 e. The summed E-state index contributed by atoms with van der Waals surface area (Å²) in [6.45, 7) is 1.87. The Bertz CT molecular complexity index is 659. The highest BCUT2D eigenvalue weighted by Gasteiger charge is 2.19. The molecular formula is C17H20ClN3O2. The summed E-state index contributed by atoms with van der Waals surface area (Å²) in [5, 5.41) is 15.6. The van der Waals surface area contributed by atoms with Crippen molar-refractivity contribution in [2.75, 3.05) is 12.4 Å². The third-order valence-electron chi connectivity index (χ3n) is 3.91. The smallest absolute Gasteiger partial charge is 0.263 e. The molecule has 0 heterocycles. The summed E-state index contributed by atoms with van der Waals surface area (Å²) in [5.74, 6) is 0.196. The van der Waals surface area contributed by atoms with Gasteiger partial charge in [-0.1, -0.05) is 24.4 Å². The zero-order valence-electron chi connectivity index (χ0n) is 13.3. The first-order chi connectivity index (χ1) is 11.0. The molecule has 1 amide bonds. The number of benzene rings is 1. The van der Waals surface area contributed by atoms with E-state index in [1.165, 1.54) is 13.3 Å². The number of nitrogens with zero attached hydrogens (tertiary/aromatic N) is 1. The van der Waals surface area contributed by atoms with Crippen LogP contribution in [0.3, 0.4) is 0 Å². The van der Waals surface area contributed by atoms with Crippen molar-refractivity contribution in [2.45, 2.75) is 38.6 Å². The minimum absolute atomic E-state index is 0.0338. The fraction of sp³-hybridized carbons (Fsp3) is 0.412. The van der Waals surface area contributed by atoms with Gasteiger partial charge in [-0.25, -0.2) is 0 Å². The fourth-order valence-electron chi connectivity index (χ4n) is 2.58. The van der Waals surface area contributed by atoms with Crippen LogP contribution < -0.4 is 15.4 Å². The number of carbonyl (C=O) groups is 1. The van der Waals surface area contributed by atoms with Crippen molar-refractivity contribution in [3.05, 3.63) is 34.5 Å². The molecule has 1 aliphatic carbocycles. The zero-order chi connectivity index (χ0) is 16.8. The van der Waals surface area contributed by atoms with Crippen LogP contribution in [-0.2, 0) is 4.79 Å². The Kier molecular flexibility index (Phi) is 5.89. The maximum absolute atomic E-state index is 12.1. The second-order valence-corrected chi connectivity index (χ2v) is 5.98. The second kappa shape index (κ2) is 7.89. The molecular weight excluding hydrogens is 314 g/mol. The number of anilines is 1. The van der Waals surface area contributed by atoms with Crippen molar-refractivity contribution in [2.24, 2.45) is 0 Å². The van der Waals surface area contributed by atoms with E-state index in [1.807, 2.05) is 19.1 Å². The normalized spacial score (nSPS) is 15.1. The monoisotopic (exact) mass is 333 g/mol. The number of rotatable bonds is 5. The van der Waals surface area contributed by atoms with Gasteiger partial charge in [0.1, 0.15) is 17.4 Å². The largest absolute Gasteiger partial charge is 0.495 e. The molecule has 2 rings (SSSR count). The van der Waals surface area contributed by atoms with Crippen molar-refractivity contribution in [1.29, 1.82) is 5.26 Å². The maximum Gasteiger partial charge on any atom is 0.263 e. The Balaban J connectivity index is 2.11. The summed E-state index contributed by atoms with van der Waals surface area (Å²) < 4.78 is 5.26. The standard InChI is InChI=1S/C17H20ClN3O2/c1-11-7-15(16(23-2)8-14(11)18)20-10-12(9-19)17(22)21-13-5-3-4-6-13/h7-8,10,13,20H,3-6H2,1-2H3,(H,21,22)/b12-10-. The molecule has 122 valence electrons. The number of hydrogen-bond acceptors (Lipinski definition) is 4. The molecule has 2 N–H and O–H groups in total. The number of nitriles is 1. The first-order valence-electron chi connectivity index (χ1n) is 7.57. The molecule has 0 saturated heterocycles. The minimum atomic E-state index is -0.350. The van der Waals surface area contributed by atoms with Crippen LogP contribution in [0.1, 0.15) is 31.2 Å². The summed E-state index contributed by atoms with van der Waals surface area (Å²) in [7, 11) is 1.54. The van der Waals surface area contributed by atoms with Gasteiger partial charge in [-0.2, -0.15) is 5.26 Å². The quantitative estimate of drug-likeness (QED) is 0.638. The van der Waals surface area contributed by atoms with E-state index in [9.17, 15) is 10.1 Å². The van der Waals surface area contributed by atoms with Gasteiger partial charge in [-0.3, -0.25) is 4.79 Å². The van der Waals surface area contributed by atoms with E-state index in [0.29, 0.717) is 16.5 Å². The summed E-state index contributed by atoms with van der Waals surface area (Å²) in [6, 6.07) is 5.60. The highest BCUT2D eigenvalue weighted by molar-refractivity contribution is 6.31. The number of amides is 1. The van der Waals surface area contributed by atoms with Gasteiger partial charge in [0, 0.05) is 23.3 Å². The molecule has 23 heavy (non-hydrogen) atoms. The highest BCUT2D eigenvalue weighted by atomic mass is 35.5. The van der Waals surface area contributed by atoms with Gasteiger partial charge in [0.2, 0.25) is 0 Å². The molecule has 1 saturated carbocycles. The molecule has 0 bridgehead atoms. The van der Waals surface area contributed by atoms with Crippen LogP contribution in [0.2, 0.25) is 5.02 Å². The lowest BCUT2D eigenvalue weighted by molar-refractivity contribution is -0.117. The highest BCUT2D eigenvalue weighted by Crippen LogP contribution is 2.31. The molecule has 0 spiro atoms. The predicted octanol–water partition coefficient (Wildman–Crippen LogP) is 3.54. The third kappa shape index (κ3) is 4.40. The van der Waals surface area contributed by atoms with Gasteiger partial charge >= 0.3 is 0 Å². The molecule has 1 aliphatic rings. The maximum atomic E-state index is 12.1. The number of carbonyl (C=O) groups excluding carboxylic acids is 1. The average molecular weight is 334 g/mol. The molecule has 0 atom stereocenters. The number of aryl methyl sites for hydroxylation is 1. The lowest BCUT2D eigenvalue weighted by atomic mass is 10.2. The van der Waals surface area contributed by atoms with Gasteiger partial charge in [-0.15, -0.1) is 0 Å². The number of hydrogen-bond donors (Lipinski definition) is 2. The molecule has 0 aromatic heterocycles. The average Bonchev–Trinajstić information content (AvgIpc) is 3.03. The van der Waals surface area contributed by atoms with Crippen LogP contribution in [0.4, 0.5) is 5.69 Å². The molecule has 1 aromatic rings. The van der Waals surface area contributed by atoms with Gasteiger partial charge < -0.3 is 15.4 Å². The molecule has 1 aromatic carbocycles. The third-order valence-corrected chi connectivity index (χ3v) is 4.32. The van der Waals surface area contributed by atoms with Gasteiger partial charge in [0.25, 0.3) is 5.91 Å². The number of nitrogens with one attached hydrogen (secondary N) is 2. The molecule has 0 aliphatic heterocycles. The van der Waals surface area contributed by atoms with E-state index in [1.54, 1.807) is 6.07 Å². The lowest BCUT2D eigenvalue weighted by Crippen LogP contribution is -2.33. The van der Waals surface area contributed by atoms with Crippen molar-refractivity contribution in [1.82, 2.24) is 5.32 Å². The molecule has 0 radical (unpaired) electrons. The number of halogens is 1. The second-order valence-electron chi connectivity index (χ2n) is 5.57. The molecule has 1 fully saturated rings. The molecule has 6 heteroatoms. The number of methoxy groups -OCH3 is 1. The van der Waals surface area contributed by atoms with Crippen molar-refractivity contribution in [3.8, 4) is 11.8 Å². The Hall–Kier alpha value is -2.19. The Labute approximate surface area is 141 Å². The van der Waals surface area contributed by atoms with E-state index < -0.39 is 0 Å². The van der Waals surface area contributed by atoms with Crippen LogP contribution in [0.25, 0.3) is 0 Å². The lowest BCUT2D eigenvalue weighted by Gasteiger charge is -2.13. The predicted molar refractivity (Wildman–Crippen MR) is 90.5 cm³/mol. The van der Waals surface area contributed by atoms with E-state index in [2.05, 4.69) is 10.6 Å². The van der Waals surface area contributed by atoms with Crippen LogP contribution >= 0.6 is 11.6 Å². The fourth-order valence-corrected chi connectivity index (χ4v) is 2.73. The van der Waals surface area contributed by atoms with Crippen molar-refractivity contribution < 1.29 is 9.53 Å². The Morgan fingerprint density at radius 1 is 1.43 bits per heavy atom. The van der Waals surface area contributed by atoms with E-state index in [0.717, 1.165) is 31.2 Å². The Morgan fingerprint density at radius 2 is 2.13 bits per heavy atom. The van der Waals surface area contributed by atoms with Crippen LogP contribution in [0.5, 0.6) is 5.75 Å². The topological polar surface area (TPSA) is 74.1 Å². The SMILES string of the molecule is COc1cc(Cl)c(C)cc1N/C=C(/C#N)C(=O)NC1CCCC1. The number of ether oxygens (including phenoxy) is 1. The summed E-state index contributed by atoms with van der Waals surface area (Å²) in [4.78, 5) is 12.1. The first kappa shape index (κ1) is 17.2. The van der Waals surface area contributed by atoms with Crippen LogP contribution in [0.15, 0.2) is 23.9 Å². The van der Waals surface area contributed by atoms with Gasteiger partial charge in [0.05, 0.1) is 12.8 Å². The van der Waals surface area contributed by atoms with Gasteiger partial charge in [0.15, 0.2) is 0 Å². The van der Waals surface area contributed by atoms with Crippen LogP contribution in [0, 0.1) is 18.3 Å². The van der Waals surface area contributed by atoms with E-state index in [4.69, 9.17) is 16.3 Å². The van der Waals surface area contributed by atoms with E-state index >= 15 is 0 Å². The molecule has 0 unspecified atom stereocenters. The van der Waals surface area contributed by atoms with Crippen LogP contribution in [-0.4, -0.2) is 19.1 Å². The Morgan fingerprint density at radius 3 is 2.74 bits per heavy atom. The summed E-state index contributed by atoms with van der Waals surface area (Å²) in [5.41, 5.74) is 1.56. The zero-order valence-corrected chi connectivity index (χ0v) is 14.0.